The lowest BCUT2D eigenvalue weighted by Gasteiger charge is -2.42. The van der Waals surface area contributed by atoms with Crippen molar-refractivity contribution in [2.24, 2.45) is 11.5 Å². The second kappa shape index (κ2) is 47.7. The Bertz CT molecular complexity index is 5600. The summed E-state index contributed by atoms with van der Waals surface area (Å²) in [5.41, 5.74) is 8.11. The summed E-state index contributed by atoms with van der Waals surface area (Å²) in [6, 6.07) is 2.12. The van der Waals surface area contributed by atoms with Gasteiger partial charge in [0.15, 0.2) is 23.8 Å². The molecule has 1 unspecified atom stereocenters. The van der Waals surface area contributed by atoms with Crippen LogP contribution in [0.15, 0.2) is 85.5 Å². The van der Waals surface area contributed by atoms with Crippen molar-refractivity contribution in [1.29, 1.82) is 5.41 Å². The van der Waals surface area contributed by atoms with Crippen molar-refractivity contribution in [3.8, 4) is 23.0 Å². The highest BCUT2D eigenvalue weighted by molar-refractivity contribution is 8.76. The van der Waals surface area contributed by atoms with E-state index in [1.165, 1.54) is 100 Å². The third-order valence-electron chi connectivity index (χ3n) is 25.1. The number of fused-ring (bicyclic) bond motifs is 4. The Morgan fingerprint density at radius 1 is 0.719 bits per heavy atom. The number of ether oxygens (including phenoxy) is 4. The summed E-state index contributed by atoms with van der Waals surface area (Å²) in [6.07, 6.45) is -3.57. The summed E-state index contributed by atoms with van der Waals surface area (Å²) < 4.78 is 23.1. The number of unbranched alkanes of at least 4 members (excludes halogenated alkanes) is 1. The van der Waals surface area contributed by atoms with Crippen molar-refractivity contribution in [1.82, 2.24) is 83.2 Å². The predicted molar refractivity (Wildman–Crippen MR) is 495 cm³/mol. The Hall–Kier alpha value is -13.5. The van der Waals surface area contributed by atoms with Gasteiger partial charge in [0.25, 0.3) is 0 Å². The number of imidazole rings is 1. The molecule has 0 radical (unpaired) electrons. The number of hydrogen-bond donors (Lipinski definition) is 23. The van der Waals surface area contributed by atoms with E-state index >= 15 is 9.59 Å². The number of nitrogens with one attached hydrogen (secondary N) is 14. The molecule has 6 aromatic rings. The number of alkyl carbamates (subject to hydrolysis) is 1. The van der Waals surface area contributed by atoms with E-state index in [9.17, 15) is 103 Å². The van der Waals surface area contributed by atoms with Gasteiger partial charge in [0.1, 0.15) is 102 Å². The summed E-state index contributed by atoms with van der Waals surface area (Å²) in [5.74, 6) is -13.9. The number of benzene rings is 4. The van der Waals surface area contributed by atoms with E-state index in [0.717, 1.165) is 0 Å². The van der Waals surface area contributed by atoms with Gasteiger partial charge in [-0.3, -0.25) is 77.3 Å². The third-order valence-corrected chi connectivity index (χ3v) is 27.5. The minimum absolute atomic E-state index is 0.00411. The molecule has 46 nitrogen and oxygen atoms in total. The number of likely N-dealkylation sites (tertiary alicyclic amines) is 2. The van der Waals surface area contributed by atoms with E-state index in [-0.39, 0.29) is 173 Å². The molecule has 4 aliphatic heterocycles. The van der Waals surface area contributed by atoms with Gasteiger partial charge in [0, 0.05) is 129 Å². The van der Waals surface area contributed by atoms with Gasteiger partial charge in [-0.1, -0.05) is 64.1 Å². The number of aromatic nitrogens is 3. The van der Waals surface area contributed by atoms with Crippen LogP contribution < -0.4 is 74.7 Å². The molecule has 4 saturated heterocycles. The smallest absolute Gasteiger partial charge is 0.407 e. The first kappa shape index (κ1) is 104. The minimum Gasteiger partial charge on any atom is -0.508 e. The van der Waals surface area contributed by atoms with Crippen LogP contribution in [-0.4, -0.2) is 316 Å². The van der Waals surface area contributed by atoms with Crippen LogP contribution in [0.3, 0.4) is 0 Å². The Kier molecular flexibility index (Phi) is 35.8. The van der Waals surface area contributed by atoms with Crippen LogP contribution in [-0.2, 0) is 102 Å². The SMILES string of the molecule is COc1cccc2c1C(=O)c1c(O)c3c(c(O)c1C2=O)C[C@@](O)(C(=O)CO)C[C@@H]3O[C@H]1C[C@H](NC(=O)OCCSSCCC(=O)NCCCC[C@@H](NC(=O)[C@H](Cc2ccc(O)cc2)NC(=O)[C@H](CO)NC(=O)[C@H](Cc2c[nH]c3ccccc23)NC(=O)[C@H](Cc2c[nH]cn2)NC(=O)[C@@H]2CCC(=O)N2)C(=O)N[C@H]2CC(C)N([C@@H](CCCNC(=N)N)C(=O)N3CCC[C@H]3C(=O)NCC(N)=O)C2=O)[C@H](O)[C@H](C)O1. The average molecular weight is 1970 g/mol. The van der Waals surface area contributed by atoms with E-state index in [2.05, 4.69) is 73.4 Å². The zero-order valence-electron chi connectivity index (χ0n) is 76.2. The van der Waals surface area contributed by atoms with Crippen molar-refractivity contribution < 1.29 is 131 Å². The van der Waals surface area contributed by atoms with E-state index in [4.69, 9.17) is 35.8 Å². The number of para-hydroxylation sites is 1. The van der Waals surface area contributed by atoms with Crippen LogP contribution in [0, 0.1) is 5.41 Å². The van der Waals surface area contributed by atoms with E-state index < -0.39 is 240 Å². The zero-order chi connectivity index (χ0) is 100. The largest absolute Gasteiger partial charge is 0.508 e. The number of methoxy groups -OCH3 is 1. The van der Waals surface area contributed by atoms with Gasteiger partial charge in [-0.15, -0.1) is 0 Å². The third kappa shape index (κ3) is 25.9. The summed E-state index contributed by atoms with van der Waals surface area (Å²) in [4.78, 5) is 236. The molecule has 12 rings (SSSR count). The number of aromatic hydroxyl groups is 3. The average Bonchev–Trinajstić information content (AvgIpc) is 1.60. The standard InChI is InChI=1S/C91H115N19O27S2/c1-44-31-60(87(130)110(44)63(15-9-26-97-89(93)94)88(131)109-27-10-16-62(109)86(129)99-40-67(92)115)106-80(123)54(102-82(125)57(32-46-18-20-49(113)21-19-46)103-85(128)61(41-111)107-83(126)58(33-47-38-98-53-13-5-4-11-50(47)53)104-84(127)59(34-48-39-95-43-100-48)105-81(124)55-22-23-69(117)101-55)14-6-7-25-96-68(116)24-29-138-139-30-28-135-90(132)108-56-35-70(136-45(2)75(56)118)137-65-37-91(133,66(114)42-112)36-52-72(65)79(122)74-73(77(52)120)76(119)51-12-8-17-64(134-3)71(51)78(74)121/h4-5,8,11-13,17-21,38-39,43-45,54-63,65,70,75,98,111-113,118,120,122,133H,6-7,9-10,14-16,22-37,40-42H2,1-3H3,(H2,92,115)(H,95,100)(H,96,116)(H,99,129)(H,101,117)(H,102,125)(H,103,128)(H,104,127)(H,105,124)(H,106,123)(H,107,126)(H,108,132)(H4,93,94,97)/t44?,45-,54+,55-,56-,57-,58-,59-,60-,61-,62-,63-,65-,70-,75+,91-/m0/s1. The number of phenolic OH excluding ortho intramolecular Hbond substituents is 3. The molecule has 13 amide bonds. The maximum Gasteiger partial charge on any atom is 0.407 e. The molecule has 0 bridgehead atoms. The number of hydrogen-bond acceptors (Lipinski definition) is 31. The predicted octanol–water partition coefficient (Wildman–Crippen LogP) is -2.51. The number of aliphatic hydroxyl groups is 4. The van der Waals surface area contributed by atoms with Gasteiger partial charge >= 0.3 is 6.09 Å². The highest BCUT2D eigenvalue weighted by atomic mass is 33.1. The molecule has 748 valence electrons. The van der Waals surface area contributed by atoms with Crippen LogP contribution in [0.4, 0.5) is 4.79 Å². The summed E-state index contributed by atoms with van der Waals surface area (Å²) in [5, 5.41) is 116. The second-order valence-electron chi connectivity index (χ2n) is 34.7. The Labute approximate surface area is 803 Å². The first-order valence-corrected chi connectivity index (χ1v) is 47.9. The molecule has 4 aromatic carbocycles. The number of H-pyrrole nitrogens is 2. The monoisotopic (exact) mass is 1970 g/mol. The molecule has 2 aliphatic carbocycles. The zero-order valence-corrected chi connectivity index (χ0v) is 77.9. The van der Waals surface area contributed by atoms with Crippen molar-refractivity contribution >= 4 is 133 Å². The maximum atomic E-state index is 15.2. The number of amides is 13. The number of primary amides is 1. The molecule has 139 heavy (non-hydrogen) atoms. The number of carbonyl (C=O) groups is 16. The van der Waals surface area contributed by atoms with Gasteiger partial charge in [-0.05, 0) is 107 Å². The molecular formula is C91H115N19O27S2. The fraction of sp³-hybridized carbons (Fsp3) is 0.495. The van der Waals surface area contributed by atoms with E-state index in [0.29, 0.717) is 34.1 Å². The van der Waals surface area contributed by atoms with Gasteiger partial charge < -0.3 is 144 Å². The lowest BCUT2D eigenvalue weighted by atomic mass is 9.72. The highest BCUT2D eigenvalue weighted by Gasteiger charge is 2.53. The van der Waals surface area contributed by atoms with Crippen LogP contribution >= 0.6 is 21.6 Å². The van der Waals surface area contributed by atoms with Crippen molar-refractivity contribution in [3.05, 3.63) is 136 Å². The number of aliphatic hydroxyl groups excluding tert-OH is 3. The summed E-state index contributed by atoms with van der Waals surface area (Å²) in [6.45, 7) is 0.384. The number of guanidine groups is 1. The van der Waals surface area contributed by atoms with E-state index in [1.54, 1.807) is 37.4 Å². The lowest BCUT2D eigenvalue weighted by molar-refractivity contribution is -0.249. The molecule has 6 aliphatic rings. The quantitative estimate of drug-likeness (QED) is 0.00616. The van der Waals surface area contributed by atoms with Gasteiger partial charge in [0.2, 0.25) is 76.7 Å². The van der Waals surface area contributed by atoms with Crippen molar-refractivity contribution in [2.75, 3.05) is 64.6 Å². The van der Waals surface area contributed by atoms with Crippen LogP contribution in [0.5, 0.6) is 23.0 Å². The number of rotatable bonds is 46. The highest BCUT2D eigenvalue weighted by Crippen LogP contribution is 2.53. The number of phenols is 3. The van der Waals surface area contributed by atoms with Gasteiger partial charge in [-0.2, -0.15) is 0 Å². The van der Waals surface area contributed by atoms with Crippen LogP contribution in [0.1, 0.15) is 163 Å². The van der Waals surface area contributed by atoms with Crippen LogP contribution in [0.25, 0.3) is 10.9 Å². The molecule has 25 N–H and O–H groups in total. The second-order valence-corrected chi connectivity index (χ2v) is 37.4. The molecule has 48 heteroatoms. The molecule has 6 heterocycles. The number of carbonyl (C=O) groups excluding carboxylic acids is 16. The number of ketones is 3. The number of nitrogens with two attached hydrogens (primary N) is 2. The molecule has 0 saturated carbocycles. The number of Topliss-reactive ketones (excluding diaryl/α,β-unsaturated/α-hetero) is 1. The molecule has 4 fully saturated rings. The Morgan fingerprint density at radius 2 is 1.41 bits per heavy atom. The van der Waals surface area contributed by atoms with E-state index in [1.807, 2.05) is 0 Å². The topological polar surface area (TPSA) is 711 Å². The molecule has 2 aromatic heterocycles. The lowest BCUT2D eigenvalue weighted by Crippen LogP contribution is -2.61. The fourth-order valence-corrected chi connectivity index (χ4v) is 19.8. The van der Waals surface area contributed by atoms with Crippen molar-refractivity contribution in [2.45, 2.75) is 220 Å². The first-order chi connectivity index (χ1) is 66.5. The molecule has 0 spiro atoms. The first-order valence-electron chi connectivity index (χ1n) is 45.4. The molecule has 16 atom stereocenters. The van der Waals surface area contributed by atoms with Gasteiger partial charge in [0.05, 0.1) is 67.2 Å². The van der Waals surface area contributed by atoms with Crippen LogP contribution in [0.2, 0.25) is 0 Å². The fourth-order valence-electron chi connectivity index (χ4n) is 18.0. The number of nitrogens with zero attached hydrogens (tertiary/aromatic N) is 3. The summed E-state index contributed by atoms with van der Waals surface area (Å²) >= 11 is 0. The van der Waals surface area contributed by atoms with Crippen molar-refractivity contribution in [3.63, 3.8) is 0 Å². The Morgan fingerprint density at radius 3 is 2.10 bits per heavy atom. The van der Waals surface area contributed by atoms with Gasteiger partial charge in [-0.25, -0.2) is 9.78 Å². The summed E-state index contributed by atoms with van der Waals surface area (Å²) in [7, 11) is 3.79. The molecular weight excluding hydrogens is 1860 g/mol. The Balaban J connectivity index is 0.688. The number of aromatic amines is 2. The maximum absolute atomic E-state index is 15.2. The minimum atomic E-state index is -2.46. The normalized spacial score (nSPS) is 21.6.